The number of hydrogen-bond acceptors (Lipinski definition) is 2. The first-order chi connectivity index (χ1) is 7.26. The van der Waals surface area contributed by atoms with E-state index in [4.69, 9.17) is 9.84 Å². The number of halogens is 1. The number of benzene rings is 1. The van der Waals surface area contributed by atoms with Crippen molar-refractivity contribution in [3.05, 3.63) is 28.4 Å². The maximum Gasteiger partial charge on any atom is 0.129 e. The lowest BCUT2D eigenvalue weighted by molar-refractivity contribution is 0.300. The number of rotatable bonds is 3. The Morgan fingerprint density at radius 1 is 1.47 bits per heavy atom. The number of aliphatic hydroxyl groups is 1. The predicted octanol–water partition coefficient (Wildman–Crippen LogP) is 2.47. The number of aromatic amines is 1. The molecule has 0 saturated carbocycles. The molecule has 0 atom stereocenters. The highest BCUT2D eigenvalue weighted by molar-refractivity contribution is 9.10. The summed E-state index contributed by atoms with van der Waals surface area (Å²) in [6, 6.07) is 3.93. The molecule has 2 N–H and O–H groups in total. The molecule has 0 aliphatic carbocycles. The summed E-state index contributed by atoms with van der Waals surface area (Å²) in [5.74, 6) is 0.823. The van der Waals surface area contributed by atoms with Crippen LogP contribution in [0.15, 0.2) is 22.8 Å². The molecule has 2 rings (SSSR count). The molecule has 0 unspecified atom stereocenters. The summed E-state index contributed by atoms with van der Waals surface area (Å²) in [5, 5.41) is 10.0. The van der Waals surface area contributed by atoms with Gasteiger partial charge in [0.1, 0.15) is 5.75 Å². The molecule has 0 amide bonds. The molecule has 0 saturated heterocycles. The Hall–Kier alpha value is -1.00. The lowest BCUT2D eigenvalue weighted by atomic mass is 10.1. The van der Waals surface area contributed by atoms with Gasteiger partial charge in [0, 0.05) is 22.7 Å². The summed E-state index contributed by atoms with van der Waals surface area (Å²) in [5.41, 5.74) is 2.10. The van der Waals surface area contributed by atoms with Gasteiger partial charge in [-0.15, -0.1) is 0 Å². The van der Waals surface area contributed by atoms with Gasteiger partial charge in [-0.3, -0.25) is 0 Å². The Labute approximate surface area is 96.2 Å². The highest BCUT2D eigenvalue weighted by Gasteiger charge is 2.09. The van der Waals surface area contributed by atoms with Crippen LogP contribution >= 0.6 is 15.9 Å². The molecule has 1 aromatic carbocycles. The van der Waals surface area contributed by atoms with Crippen molar-refractivity contribution in [1.82, 2.24) is 4.98 Å². The van der Waals surface area contributed by atoms with E-state index in [2.05, 4.69) is 20.9 Å². The minimum Gasteiger partial charge on any atom is -0.496 e. The number of methoxy groups -OCH3 is 1. The molecule has 0 aliphatic heterocycles. The second-order valence-electron chi connectivity index (χ2n) is 3.32. The maximum atomic E-state index is 8.95. The van der Waals surface area contributed by atoms with Gasteiger partial charge in [-0.1, -0.05) is 15.9 Å². The lowest BCUT2D eigenvalue weighted by Gasteiger charge is -2.05. The van der Waals surface area contributed by atoms with Crippen molar-refractivity contribution in [2.45, 2.75) is 6.42 Å². The van der Waals surface area contributed by atoms with E-state index in [1.807, 2.05) is 18.3 Å². The molecule has 1 aromatic heterocycles. The Balaban J connectivity index is 2.66. The monoisotopic (exact) mass is 269 g/mol. The average Bonchev–Trinajstić information content (AvgIpc) is 2.61. The molecule has 4 heteroatoms. The SMILES string of the molecule is COc1cc(Br)cc2[nH]cc(CCO)c12. The van der Waals surface area contributed by atoms with E-state index in [-0.39, 0.29) is 6.61 Å². The summed E-state index contributed by atoms with van der Waals surface area (Å²) < 4.78 is 6.30. The van der Waals surface area contributed by atoms with E-state index < -0.39 is 0 Å². The standard InChI is InChI=1S/C11H12BrNO2/c1-15-10-5-8(12)4-9-11(10)7(2-3-14)6-13-9/h4-6,13-14H,2-3H2,1H3. The third-order valence-corrected chi connectivity index (χ3v) is 2.85. The fourth-order valence-corrected chi connectivity index (χ4v) is 2.18. The zero-order valence-electron chi connectivity index (χ0n) is 8.38. The molecule has 0 fully saturated rings. The van der Waals surface area contributed by atoms with Crippen LogP contribution in [0.3, 0.4) is 0 Å². The minimum atomic E-state index is 0.145. The molecule has 0 bridgehead atoms. The van der Waals surface area contributed by atoms with Crippen molar-refractivity contribution in [3.63, 3.8) is 0 Å². The molecule has 0 spiro atoms. The van der Waals surface area contributed by atoms with Gasteiger partial charge >= 0.3 is 0 Å². The molecular weight excluding hydrogens is 258 g/mol. The molecule has 0 radical (unpaired) electrons. The summed E-state index contributed by atoms with van der Waals surface area (Å²) >= 11 is 3.42. The number of hydrogen-bond donors (Lipinski definition) is 2. The molecule has 0 aliphatic rings. The fourth-order valence-electron chi connectivity index (χ4n) is 1.74. The molecule has 2 aromatic rings. The molecule has 3 nitrogen and oxygen atoms in total. The smallest absolute Gasteiger partial charge is 0.129 e. The van der Waals surface area contributed by atoms with Gasteiger partial charge < -0.3 is 14.8 Å². The van der Waals surface area contributed by atoms with Gasteiger partial charge in [0.25, 0.3) is 0 Å². The Morgan fingerprint density at radius 2 is 2.27 bits per heavy atom. The quantitative estimate of drug-likeness (QED) is 0.899. The second-order valence-corrected chi connectivity index (χ2v) is 4.23. The van der Waals surface area contributed by atoms with Crippen molar-refractivity contribution in [1.29, 1.82) is 0 Å². The number of H-pyrrole nitrogens is 1. The average molecular weight is 270 g/mol. The molecule has 1 heterocycles. The number of aliphatic hydroxyl groups excluding tert-OH is 1. The van der Waals surface area contributed by atoms with Crippen molar-refractivity contribution in [2.24, 2.45) is 0 Å². The van der Waals surface area contributed by atoms with Crippen LogP contribution in [0.2, 0.25) is 0 Å². The Bertz CT molecular complexity index is 479. The summed E-state index contributed by atoms with van der Waals surface area (Å²) in [7, 11) is 1.65. The highest BCUT2D eigenvalue weighted by atomic mass is 79.9. The third-order valence-electron chi connectivity index (χ3n) is 2.39. The first kappa shape index (κ1) is 10.5. The maximum absolute atomic E-state index is 8.95. The summed E-state index contributed by atoms with van der Waals surface area (Å²) in [6.45, 7) is 0.145. The van der Waals surface area contributed by atoms with Crippen LogP contribution in [0.1, 0.15) is 5.56 Å². The van der Waals surface area contributed by atoms with Gasteiger partial charge in [0.15, 0.2) is 0 Å². The zero-order chi connectivity index (χ0) is 10.8. The number of aromatic nitrogens is 1. The Morgan fingerprint density at radius 3 is 2.93 bits per heavy atom. The van der Waals surface area contributed by atoms with Crippen LogP contribution < -0.4 is 4.74 Å². The van der Waals surface area contributed by atoms with Crippen LogP contribution in [0.25, 0.3) is 10.9 Å². The van der Waals surface area contributed by atoms with Gasteiger partial charge in [-0.25, -0.2) is 0 Å². The third kappa shape index (κ3) is 1.87. The number of fused-ring (bicyclic) bond motifs is 1. The predicted molar refractivity (Wildman–Crippen MR) is 63.3 cm³/mol. The van der Waals surface area contributed by atoms with Gasteiger partial charge in [-0.2, -0.15) is 0 Å². The van der Waals surface area contributed by atoms with Crippen LogP contribution in [0.5, 0.6) is 5.75 Å². The topological polar surface area (TPSA) is 45.2 Å². The fraction of sp³-hybridized carbons (Fsp3) is 0.273. The lowest BCUT2D eigenvalue weighted by Crippen LogP contribution is -1.91. The highest BCUT2D eigenvalue weighted by Crippen LogP contribution is 2.32. The van der Waals surface area contributed by atoms with Crippen LogP contribution in [0, 0.1) is 0 Å². The van der Waals surface area contributed by atoms with Crippen molar-refractivity contribution >= 4 is 26.8 Å². The van der Waals surface area contributed by atoms with Gasteiger partial charge in [-0.05, 0) is 24.1 Å². The van der Waals surface area contributed by atoms with E-state index in [1.165, 1.54) is 0 Å². The minimum absolute atomic E-state index is 0.145. The van der Waals surface area contributed by atoms with E-state index in [9.17, 15) is 0 Å². The largest absolute Gasteiger partial charge is 0.496 e. The van der Waals surface area contributed by atoms with E-state index >= 15 is 0 Å². The first-order valence-corrected chi connectivity index (χ1v) is 5.50. The van der Waals surface area contributed by atoms with Gasteiger partial charge in [0.05, 0.1) is 12.6 Å². The zero-order valence-corrected chi connectivity index (χ0v) is 9.97. The van der Waals surface area contributed by atoms with Gasteiger partial charge in [0.2, 0.25) is 0 Å². The van der Waals surface area contributed by atoms with E-state index in [0.29, 0.717) is 6.42 Å². The number of nitrogens with one attached hydrogen (secondary N) is 1. The van der Waals surface area contributed by atoms with Crippen LogP contribution in [-0.2, 0) is 6.42 Å². The molecule has 80 valence electrons. The van der Waals surface area contributed by atoms with Crippen LogP contribution in [-0.4, -0.2) is 23.8 Å². The summed E-state index contributed by atoms with van der Waals surface area (Å²) in [6.07, 6.45) is 2.55. The van der Waals surface area contributed by atoms with Crippen molar-refractivity contribution < 1.29 is 9.84 Å². The van der Waals surface area contributed by atoms with E-state index in [0.717, 1.165) is 26.7 Å². The molecular formula is C11H12BrNO2. The van der Waals surface area contributed by atoms with Crippen molar-refractivity contribution in [2.75, 3.05) is 13.7 Å². The second kappa shape index (κ2) is 4.24. The van der Waals surface area contributed by atoms with Crippen molar-refractivity contribution in [3.8, 4) is 5.75 Å². The Kier molecular flexibility index (Phi) is 2.98. The first-order valence-electron chi connectivity index (χ1n) is 4.70. The summed E-state index contributed by atoms with van der Waals surface area (Å²) in [4.78, 5) is 3.17. The van der Waals surface area contributed by atoms with Crippen LogP contribution in [0.4, 0.5) is 0 Å². The molecule has 15 heavy (non-hydrogen) atoms. The normalized spacial score (nSPS) is 10.9. The number of ether oxygens (including phenoxy) is 1. The van der Waals surface area contributed by atoms with E-state index in [1.54, 1.807) is 7.11 Å².